The number of rotatable bonds is 1. The predicted molar refractivity (Wildman–Crippen MR) is 95.3 cm³/mol. The highest BCUT2D eigenvalue weighted by Crippen LogP contribution is 2.71. The van der Waals surface area contributed by atoms with Crippen molar-refractivity contribution in [1.29, 1.82) is 21.2 Å². The SMILES string of the molecule is N#CC1(C#N)C(c2c(F)c(F)c(F)c(F)c2F)OC23CCC4(CC2C1(C#N)C(=N)O3)OCCO4. The van der Waals surface area contributed by atoms with Crippen LogP contribution in [0.2, 0.25) is 0 Å². The molecule has 3 aliphatic heterocycles. The highest BCUT2D eigenvalue weighted by atomic mass is 19.2. The zero-order valence-corrected chi connectivity index (χ0v) is 17.1. The van der Waals surface area contributed by atoms with Crippen LogP contribution < -0.4 is 0 Å². The van der Waals surface area contributed by atoms with E-state index in [2.05, 4.69) is 0 Å². The van der Waals surface area contributed by atoms with Crippen molar-refractivity contribution in [1.82, 2.24) is 0 Å². The quantitative estimate of drug-likeness (QED) is 0.371. The van der Waals surface area contributed by atoms with Crippen LogP contribution in [0.5, 0.6) is 0 Å². The largest absolute Gasteiger partial charge is 0.447 e. The molecule has 4 aliphatic rings. The maximum atomic E-state index is 14.8. The van der Waals surface area contributed by atoms with Crippen molar-refractivity contribution in [3.8, 4) is 18.2 Å². The van der Waals surface area contributed by atoms with E-state index in [0.717, 1.165) is 0 Å². The Labute approximate surface area is 188 Å². The normalized spacial score (nSPS) is 34.6. The summed E-state index contributed by atoms with van der Waals surface area (Å²) in [6, 6.07) is 4.74. The first-order chi connectivity index (χ1) is 16.1. The smallest absolute Gasteiger partial charge is 0.218 e. The van der Waals surface area contributed by atoms with Gasteiger partial charge in [-0.15, -0.1) is 0 Å². The zero-order valence-electron chi connectivity index (χ0n) is 17.1. The first-order valence-corrected chi connectivity index (χ1v) is 10.1. The standard InChI is InChI=1S/C21H13F5N4O4/c22-11-10(12(23)14(25)15(26)13(11)24)16-18(6-27,7-28)20(8-29)9-5-19(31-3-4-32-19)1-2-21(9,33-16)34-17(20)30/h9,16,30H,1-5H2. The van der Waals surface area contributed by atoms with Crippen molar-refractivity contribution in [3.63, 3.8) is 0 Å². The summed E-state index contributed by atoms with van der Waals surface area (Å²) in [7, 11) is 0. The van der Waals surface area contributed by atoms with Crippen LogP contribution >= 0.6 is 0 Å². The van der Waals surface area contributed by atoms with Crippen LogP contribution in [-0.4, -0.2) is 30.7 Å². The lowest BCUT2D eigenvalue weighted by Gasteiger charge is -2.54. The van der Waals surface area contributed by atoms with Gasteiger partial charge in [-0.3, -0.25) is 5.41 Å². The molecule has 3 saturated heterocycles. The second kappa shape index (κ2) is 6.86. The Morgan fingerprint density at radius 2 is 1.38 bits per heavy atom. The Morgan fingerprint density at radius 3 is 1.91 bits per heavy atom. The lowest BCUT2D eigenvalue weighted by molar-refractivity contribution is -0.331. The summed E-state index contributed by atoms with van der Waals surface area (Å²) >= 11 is 0. The number of benzene rings is 1. The topological polar surface area (TPSA) is 132 Å². The van der Waals surface area contributed by atoms with Crippen LogP contribution in [-0.2, 0) is 18.9 Å². The fourth-order valence-corrected chi connectivity index (χ4v) is 5.66. The summed E-state index contributed by atoms with van der Waals surface area (Å²) in [6.07, 6.45) is -2.74. The molecule has 0 radical (unpaired) electrons. The second-order valence-corrected chi connectivity index (χ2v) is 8.54. The Balaban J connectivity index is 1.79. The summed E-state index contributed by atoms with van der Waals surface area (Å²) in [5.74, 6) is -17.1. The van der Waals surface area contributed by atoms with E-state index in [9.17, 15) is 37.7 Å². The number of nitrogens with one attached hydrogen (secondary N) is 1. The summed E-state index contributed by atoms with van der Waals surface area (Å²) < 4.78 is 94.1. The lowest BCUT2D eigenvalue weighted by Crippen LogP contribution is -2.63. The van der Waals surface area contributed by atoms with Gasteiger partial charge in [0, 0.05) is 19.3 Å². The summed E-state index contributed by atoms with van der Waals surface area (Å²) in [5, 5.41) is 38.9. The van der Waals surface area contributed by atoms with E-state index in [1.54, 1.807) is 6.07 Å². The molecule has 1 saturated carbocycles. The number of halogens is 5. The van der Waals surface area contributed by atoms with E-state index in [1.165, 1.54) is 12.1 Å². The maximum absolute atomic E-state index is 14.8. The van der Waals surface area contributed by atoms with Crippen molar-refractivity contribution in [2.75, 3.05) is 13.2 Å². The third-order valence-electron chi connectivity index (χ3n) is 7.24. The van der Waals surface area contributed by atoms with Gasteiger partial charge in [0.05, 0.1) is 42.9 Å². The molecule has 0 amide bonds. The van der Waals surface area contributed by atoms with Crippen molar-refractivity contribution in [2.24, 2.45) is 16.7 Å². The Morgan fingerprint density at radius 1 is 0.824 bits per heavy atom. The highest BCUT2D eigenvalue weighted by molar-refractivity contribution is 5.89. The molecule has 1 spiro atoms. The number of hydrogen-bond donors (Lipinski definition) is 1. The van der Waals surface area contributed by atoms with Gasteiger partial charge in [0.25, 0.3) is 0 Å². The minimum absolute atomic E-state index is 0.0776. The molecule has 8 nitrogen and oxygen atoms in total. The van der Waals surface area contributed by atoms with Crippen LogP contribution in [0.1, 0.15) is 30.9 Å². The van der Waals surface area contributed by atoms with E-state index in [0.29, 0.717) is 0 Å². The van der Waals surface area contributed by atoms with Crippen LogP contribution in [0.4, 0.5) is 22.0 Å². The molecule has 13 heteroatoms. The second-order valence-electron chi connectivity index (χ2n) is 8.54. The lowest BCUT2D eigenvalue weighted by atomic mass is 9.51. The van der Waals surface area contributed by atoms with Crippen molar-refractivity contribution in [3.05, 3.63) is 34.6 Å². The van der Waals surface area contributed by atoms with Gasteiger partial charge in [-0.05, 0) is 0 Å². The van der Waals surface area contributed by atoms with Crippen molar-refractivity contribution < 1.29 is 40.9 Å². The van der Waals surface area contributed by atoms with E-state index >= 15 is 0 Å². The van der Waals surface area contributed by atoms with Crippen LogP contribution in [0.25, 0.3) is 0 Å². The van der Waals surface area contributed by atoms with Gasteiger partial charge in [0.15, 0.2) is 34.5 Å². The average molecular weight is 480 g/mol. The first kappa shape index (κ1) is 22.5. The Bertz CT molecular complexity index is 1220. The van der Waals surface area contributed by atoms with Crippen molar-refractivity contribution >= 4 is 5.90 Å². The monoisotopic (exact) mass is 480 g/mol. The number of nitrogens with zero attached hydrogens (tertiary/aromatic N) is 3. The molecule has 2 bridgehead atoms. The van der Waals surface area contributed by atoms with Gasteiger partial charge in [-0.25, -0.2) is 22.0 Å². The fourth-order valence-electron chi connectivity index (χ4n) is 5.66. The van der Waals surface area contributed by atoms with Gasteiger partial charge in [0.1, 0.15) is 6.10 Å². The van der Waals surface area contributed by atoms with E-state index in [1.807, 2.05) is 0 Å². The predicted octanol–water partition coefficient (Wildman–Crippen LogP) is 3.24. The Hall–Kier alpha value is -3.31. The van der Waals surface area contributed by atoms with E-state index in [-0.39, 0.29) is 32.5 Å². The molecule has 4 unspecified atom stereocenters. The molecule has 1 aliphatic carbocycles. The zero-order chi connectivity index (χ0) is 24.7. The van der Waals surface area contributed by atoms with Gasteiger partial charge in [0.2, 0.25) is 22.9 Å². The maximum Gasteiger partial charge on any atom is 0.218 e. The molecule has 1 N–H and O–H groups in total. The minimum atomic E-state index is -2.93. The molecule has 0 aromatic heterocycles. The first-order valence-electron chi connectivity index (χ1n) is 10.1. The third-order valence-corrected chi connectivity index (χ3v) is 7.24. The summed E-state index contributed by atoms with van der Waals surface area (Å²) in [6.45, 7) is 0.431. The van der Waals surface area contributed by atoms with Crippen LogP contribution in [0, 0.1) is 85.2 Å². The molecule has 3 heterocycles. The van der Waals surface area contributed by atoms with Gasteiger partial charge < -0.3 is 18.9 Å². The average Bonchev–Trinajstić information content (AvgIpc) is 3.36. The van der Waals surface area contributed by atoms with Gasteiger partial charge in [-0.1, -0.05) is 0 Å². The fraction of sp³-hybridized carbons (Fsp3) is 0.524. The van der Waals surface area contributed by atoms with E-state index < -0.39 is 75.0 Å². The van der Waals surface area contributed by atoms with Gasteiger partial charge >= 0.3 is 0 Å². The molecule has 1 aromatic rings. The summed E-state index contributed by atoms with van der Waals surface area (Å²) in [4.78, 5) is 0. The van der Waals surface area contributed by atoms with Crippen LogP contribution in [0.15, 0.2) is 0 Å². The molecule has 176 valence electrons. The van der Waals surface area contributed by atoms with Crippen molar-refractivity contribution in [2.45, 2.75) is 36.9 Å². The minimum Gasteiger partial charge on any atom is -0.447 e. The highest BCUT2D eigenvalue weighted by Gasteiger charge is 2.82. The third kappa shape index (κ3) is 2.31. The number of nitriles is 3. The molecule has 1 aromatic carbocycles. The molecule has 34 heavy (non-hydrogen) atoms. The summed E-state index contributed by atoms with van der Waals surface area (Å²) in [5.41, 5.74) is -7.02. The molecule has 4 fully saturated rings. The molecular formula is C21H13F5N4O4. The number of ether oxygens (including phenoxy) is 4. The van der Waals surface area contributed by atoms with E-state index in [4.69, 9.17) is 24.4 Å². The molecule has 5 rings (SSSR count). The number of hydrogen-bond acceptors (Lipinski definition) is 8. The Kier molecular flexibility index (Phi) is 4.54. The van der Waals surface area contributed by atoms with Crippen LogP contribution in [0.3, 0.4) is 0 Å². The van der Waals surface area contributed by atoms with Gasteiger partial charge in [-0.2, -0.15) is 15.8 Å². The molecule has 4 atom stereocenters. The molecular weight excluding hydrogens is 467 g/mol.